The molecule has 0 aromatic heterocycles. The third kappa shape index (κ3) is 6.62. The number of nitrogens with one attached hydrogen (secondary N) is 1. The number of rotatable bonds is 10. The van der Waals surface area contributed by atoms with E-state index in [4.69, 9.17) is 5.41 Å². The highest BCUT2D eigenvalue weighted by atomic mass is 14.4. The molecular weight excluding hydrogens is 567 g/mol. The van der Waals surface area contributed by atoms with E-state index in [1.807, 2.05) is 12.2 Å². The van der Waals surface area contributed by atoms with Crippen molar-refractivity contribution in [2.24, 2.45) is 0 Å². The first-order valence-corrected chi connectivity index (χ1v) is 17.0. The molecule has 0 aliphatic heterocycles. The molecule has 0 amide bonds. The first-order chi connectivity index (χ1) is 22.9. The molecular formula is C46H45N. The Morgan fingerprint density at radius 1 is 0.702 bits per heavy atom. The highest BCUT2D eigenvalue weighted by Gasteiger charge is 2.14. The standard InChI is InChI=1S/C46H45N/c1-6-8-14-34-21-22-35(33(5)32(34)4)23-24-36(13-7-2)38-20-19-31(3)37(29-38)26-28-46(47)39-25-27-44-42-17-10-9-15-40(42)41-16-11-12-18-43(41)45(44)30-39/h6,9-13,15-20,23-30,47H,1,7-8,14,21-22H2,2-5H3/b24-23-,28-26-,36-13+,47-46?. The van der Waals surface area contributed by atoms with Crippen LogP contribution in [0.3, 0.4) is 0 Å². The Balaban J connectivity index is 1.28. The highest BCUT2D eigenvalue weighted by molar-refractivity contribution is 6.26. The van der Waals surface area contributed by atoms with Crippen molar-refractivity contribution < 1.29 is 0 Å². The van der Waals surface area contributed by atoms with Gasteiger partial charge in [-0.25, -0.2) is 0 Å². The summed E-state index contributed by atoms with van der Waals surface area (Å²) < 4.78 is 0. The minimum absolute atomic E-state index is 0.508. The zero-order valence-electron chi connectivity index (χ0n) is 28.3. The average Bonchev–Trinajstić information content (AvgIpc) is 3.10. The molecule has 0 bridgehead atoms. The molecule has 0 unspecified atom stereocenters. The Hall–Kier alpha value is -5.01. The van der Waals surface area contributed by atoms with Gasteiger partial charge < -0.3 is 5.41 Å². The second-order valence-electron chi connectivity index (χ2n) is 12.8. The Labute approximate surface area is 280 Å². The van der Waals surface area contributed by atoms with Gasteiger partial charge >= 0.3 is 0 Å². The molecule has 234 valence electrons. The predicted molar refractivity (Wildman–Crippen MR) is 207 cm³/mol. The summed E-state index contributed by atoms with van der Waals surface area (Å²) in [6, 6.07) is 30.4. The molecule has 0 fully saturated rings. The summed E-state index contributed by atoms with van der Waals surface area (Å²) in [5, 5.41) is 16.5. The van der Waals surface area contributed by atoms with Crippen molar-refractivity contribution in [1.82, 2.24) is 0 Å². The fourth-order valence-corrected chi connectivity index (χ4v) is 7.00. The number of benzene rings is 5. The van der Waals surface area contributed by atoms with Gasteiger partial charge in [-0.3, -0.25) is 0 Å². The largest absolute Gasteiger partial charge is 0.300 e. The van der Waals surface area contributed by atoms with Crippen molar-refractivity contribution in [3.63, 3.8) is 0 Å². The van der Waals surface area contributed by atoms with Crippen molar-refractivity contribution in [3.8, 4) is 0 Å². The van der Waals surface area contributed by atoms with Gasteiger partial charge in [0.15, 0.2) is 0 Å². The summed E-state index contributed by atoms with van der Waals surface area (Å²) in [5.41, 5.74) is 12.1. The van der Waals surface area contributed by atoms with Gasteiger partial charge in [-0.15, -0.1) is 6.58 Å². The van der Waals surface area contributed by atoms with E-state index in [2.05, 4.69) is 144 Å². The van der Waals surface area contributed by atoms with E-state index in [9.17, 15) is 0 Å². The zero-order chi connectivity index (χ0) is 32.9. The maximum atomic E-state index is 9.04. The zero-order valence-corrected chi connectivity index (χ0v) is 28.3. The highest BCUT2D eigenvalue weighted by Crippen LogP contribution is 2.36. The molecule has 47 heavy (non-hydrogen) atoms. The minimum Gasteiger partial charge on any atom is -0.300 e. The lowest BCUT2D eigenvalue weighted by atomic mass is 9.84. The van der Waals surface area contributed by atoms with Crippen molar-refractivity contribution in [1.29, 1.82) is 5.41 Å². The van der Waals surface area contributed by atoms with Crippen molar-refractivity contribution in [2.45, 2.75) is 59.8 Å². The molecule has 0 saturated carbocycles. The van der Waals surface area contributed by atoms with E-state index in [0.717, 1.165) is 43.2 Å². The van der Waals surface area contributed by atoms with Gasteiger partial charge in [-0.1, -0.05) is 116 Å². The maximum Gasteiger partial charge on any atom is 0.0612 e. The van der Waals surface area contributed by atoms with Crippen LogP contribution in [0.1, 0.15) is 75.1 Å². The Kier molecular flexibility index (Phi) is 9.64. The number of hydrogen-bond donors (Lipinski definition) is 1. The van der Waals surface area contributed by atoms with Gasteiger partial charge in [-0.2, -0.15) is 0 Å². The van der Waals surface area contributed by atoms with E-state index in [0.29, 0.717) is 5.71 Å². The van der Waals surface area contributed by atoms with Crippen LogP contribution in [0.2, 0.25) is 0 Å². The lowest BCUT2D eigenvalue weighted by Gasteiger charge is -2.21. The average molecular weight is 612 g/mol. The molecule has 1 N–H and O–H groups in total. The Morgan fingerprint density at radius 2 is 1.34 bits per heavy atom. The third-order valence-electron chi connectivity index (χ3n) is 9.91. The fraction of sp³-hybridized carbons (Fsp3) is 0.196. The SMILES string of the molecule is C=CCCC1=C(C)C(C)=C(/C=C\C(=C/CC)c2ccc(C)c(/C=C\C(=N)c3ccc4c5ccccc5c5ccccc5c4c3)c2)CC1. The van der Waals surface area contributed by atoms with Gasteiger partial charge in [-0.05, 0) is 142 Å². The van der Waals surface area contributed by atoms with Gasteiger partial charge in [0.25, 0.3) is 0 Å². The van der Waals surface area contributed by atoms with Crippen LogP contribution in [0.25, 0.3) is 44.0 Å². The molecule has 6 rings (SSSR count). The summed E-state index contributed by atoms with van der Waals surface area (Å²) in [6.45, 7) is 12.8. The molecule has 0 heterocycles. The molecule has 0 atom stereocenters. The first-order valence-electron chi connectivity index (χ1n) is 17.0. The number of hydrogen-bond acceptors (Lipinski definition) is 1. The monoisotopic (exact) mass is 611 g/mol. The number of allylic oxidation sites excluding steroid dienone is 10. The Bertz CT molecular complexity index is 2140. The minimum atomic E-state index is 0.508. The number of fused-ring (bicyclic) bond motifs is 6. The molecule has 1 heteroatoms. The first kappa shape index (κ1) is 32.0. The second kappa shape index (κ2) is 14.2. The van der Waals surface area contributed by atoms with Crippen LogP contribution in [-0.4, -0.2) is 5.71 Å². The van der Waals surface area contributed by atoms with E-state index < -0.39 is 0 Å². The van der Waals surface area contributed by atoms with E-state index >= 15 is 0 Å². The Morgan fingerprint density at radius 3 is 2.00 bits per heavy atom. The normalized spacial score (nSPS) is 14.4. The number of aryl methyl sites for hydroxylation is 1. The lowest BCUT2D eigenvalue weighted by molar-refractivity contribution is 0.808. The van der Waals surface area contributed by atoms with Crippen LogP contribution in [0, 0.1) is 12.3 Å². The summed E-state index contributed by atoms with van der Waals surface area (Å²) in [6.07, 6.45) is 18.4. The molecule has 0 saturated heterocycles. The van der Waals surface area contributed by atoms with Crippen LogP contribution in [-0.2, 0) is 0 Å². The topological polar surface area (TPSA) is 23.9 Å². The molecule has 0 radical (unpaired) electrons. The van der Waals surface area contributed by atoms with Crippen LogP contribution < -0.4 is 0 Å². The molecule has 1 aliphatic rings. The smallest absolute Gasteiger partial charge is 0.0612 e. The summed E-state index contributed by atoms with van der Waals surface area (Å²) in [4.78, 5) is 0. The lowest BCUT2D eigenvalue weighted by Crippen LogP contribution is -2.01. The van der Waals surface area contributed by atoms with Crippen LogP contribution >= 0.6 is 0 Å². The third-order valence-corrected chi connectivity index (χ3v) is 9.91. The van der Waals surface area contributed by atoms with E-state index in [1.165, 1.54) is 65.7 Å². The van der Waals surface area contributed by atoms with Crippen LogP contribution in [0.5, 0.6) is 0 Å². The van der Waals surface area contributed by atoms with Gasteiger partial charge in [0.05, 0.1) is 5.71 Å². The second-order valence-corrected chi connectivity index (χ2v) is 12.8. The van der Waals surface area contributed by atoms with Gasteiger partial charge in [0, 0.05) is 5.56 Å². The van der Waals surface area contributed by atoms with Crippen molar-refractivity contribution in [3.05, 3.63) is 166 Å². The maximum absolute atomic E-state index is 9.04. The summed E-state index contributed by atoms with van der Waals surface area (Å²) >= 11 is 0. The molecule has 5 aromatic rings. The quantitative estimate of drug-likeness (QED) is 0.0703. The van der Waals surface area contributed by atoms with Gasteiger partial charge in [0.2, 0.25) is 0 Å². The molecule has 1 aliphatic carbocycles. The molecule has 1 nitrogen and oxygen atoms in total. The summed E-state index contributed by atoms with van der Waals surface area (Å²) in [7, 11) is 0. The summed E-state index contributed by atoms with van der Waals surface area (Å²) in [5.74, 6) is 0. The van der Waals surface area contributed by atoms with Crippen LogP contribution in [0.4, 0.5) is 0 Å². The van der Waals surface area contributed by atoms with Crippen molar-refractivity contribution in [2.75, 3.05) is 0 Å². The van der Waals surface area contributed by atoms with E-state index in [1.54, 1.807) is 5.57 Å². The molecule has 0 spiro atoms. The van der Waals surface area contributed by atoms with Crippen LogP contribution in [0.15, 0.2) is 144 Å². The molecule has 5 aromatic carbocycles. The van der Waals surface area contributed by atoms with Crippen molar-refractivity contribution >= 4 is 49.7 Å². The fourth-order valence-electron chi connectivity index (χ4n) is 7.00. The van der Waals surface area contributed by atoms with E-state index in [-0.39, 0.29) is 0 Å². The van der Waals surface area contributed by atoms with Gasteiger partial charge in [0.1, 0.15) is 0 Å². The predicted octanol–water partition coefficient (Wildman–Crippen LogP) is 13.3.